The quantitative estimate of drug-likeness (QED) is 0.568. The van der Waals surface area contributed by atoms with Crippen molar-refractivity contribution in [1.82, 2.24) is 5.32 Å². The highest BCUT2D eigenvalue weighted by atomic mass is 16.5. The van der Waals surface area contributed by atoms with Gasteiger partial charge in [-0.15, -0.1) is 0 Å². The zero-order valence-electron chi connectivity index (χ0n) is 14.9. The maximum atomic E-state index is 11.3. The molecule has 0 aromatic heterocycles. The van der Waals surface area contributed by atoms with Crippen LogP contribution in [0.15, 0.2) is 23.4 Å². The Morgan fingerprint density at radius 1 is 1.09 bits per heavy atom. The Labute approximate surface area is 137 Å². The maximum Gasteiger partial charge on any atom is 0.335 e. The van der Waals surface area contributed by atoms with Gasteiger partial charge < -0.3 is 19.9 Å². The molecule has 7 heteroatoms. The van der Waals surface area contributed by atoms with Crippen LogP contribution in [-0.2, 0) is 23.9 Å². The molecule has 0 fully saturated rings. The summed E-state index contributed by atoms with van der Waals surface area (Å²) in [6, 6.07) is 0. The average Bonchev–Trinajstić information content (AvgIpc) is 2.50. The number of hydrogen-bond acceptors (Lipinski definition) is 6. The van der Waals surface area contributed by atoms with Crippen molar-refractivity contribution in [2.45, 2.75) is 46.6 Å². The highest BCUT2D eigenvalue weighted by Gasteiger charge is 2.28. The van der Waals surface area contributed by atoms with E-state index < -0.39 is 17.5 Å². The highest BCUT2D eigenvalue weighted by molar-refractivity contribution is 5.89. The smallest absolute Gasteiger partial charge is 0.335 e. The summed E-state index contributed by atoms with van der Waals surface area (Å²) in [4.78, 5) is 32.4. The molecule has 0 bridgehead atoms. The highest BCUT2D eigenvalue weighted by Crippen LogP contribution is 2.13. The first-order valence-electron chi connectivity index (χ1n) is 6.97. The first-order valence-corrected chi connectivity index (χ1v) is 6.97. The first kappa shape index (κ1) is 23.0. The van der Waals surface area contributed by atoms with Gasteiger partial charge in [0.05, 0.1) is 19.8 Å². The largest absolute Gasteiger partial charge is 0.480 e. The number of carboxylic acid groups (broad SMARTS) is 1. The molecule has 0 radical (unpaired) electrons. The zero-order chi connectivity index (χ0) is 18.8. The van der Waals surface area contributed by atoms with Gasteiger partial charge in [0.2, 0.25) is 0 Å². The summed E-state index contributed by atoms with van der Waals surface area (Å²) in [6.45, 7) is 11.5. The van der Waals surface area contributed by atoms with Crippen molar-refractivity contribution in [3.05, 3.63) is 23.4 Å². The molecule has 0 amide bonds. The van der Waals surface area contributed by atoms with E-state index in [-0.39, 0.29) is 5.97 Å². The van der Waals surface area contributed by atoms with E-state index in [2.05, 4.69) is 21.4 Å². The van der Waals surface area contributed by atoms with Gasteiger partial charge >= 0.3 is 17.9 Å². The van der Waals surface area contributed by atoms with Gasteiger partial charge in [-0.2, -0.15) is 0 Å². The second-order valence-corrected chi connectivity index (χ2v) is 5.28. The number of aliphatic carboxylic acids is 1. The predicted octanol–water partition coefficient (Wildman–Crippen LogP) is 2.03. The number of nitrogens with one attached hydrogen (secondary N) is 1. The number of methoxy groups -OCH3 is 2. The fraction of sp³-hybridized carbons (Fsp3) is 0.562. The Hall–Kier alpha value is -2.31. The van der Waals surface area contributed by atoms with Gasteiger partial charge in [0, 0.05) is 11.3 Å². The lowest BCUT2D eigenvalue weighted by atomic mass is 10.0. The van der Waals surface area contributed by atoms with Crippen LogP contribution in [0.5, 0.6) is 0 Å². The Morgan fingerprint density at radius 3 is 1.74 bits per heavy atom. The summed E-state index contributed by atoms with van der Waals surface area (Å²) >= 11 is 0. The van der Waals surface area contributed by atoms with Crippen molar-refractivity contribution < 1.29 is 29.0 Å². The number of carboxylic acids is 1. The molecule has 0 rings (SSSR count). The first-order chi connectivity index (χ1) is 10.4. The summed E-state index contributed by atoms with van der Waals surface area (Å²) < 4.78 is 8.86. The van der Waals surface area contributed by atoms with E-state index >= 15 is 0 Å². The third-order valence-electron chi connectivity index (χ3n) is 2.83. The zero-order valence-corrected chi connectivity index (χ0v) is 14.9. The summed E-state index contributed by atoms with van der Waals surface area (Å²) in [7, 11) is 2.62. The molecule has 132 valence electrons. The van der Waals surface area contributed by atoms with E-state index in [0.29, 0.717) is 23.3 Å². The number of ether oxygens (including phenoxy) is 2. The monoisotopic (exact) mass is 329 g/mol. The Bertz CT molecular complexity index is 491. The number of carbonyl (C=O) groups is 3. The number of allylic oxidation sites excluding steroid dienone is 1. The minimum Gasteiger partial charge on any atom is -0.480 e. The number of hydrogen-bond donors (Lipinski definition) is 2. The molecule has 0 saturated carbocycles. The second-order valence-electron chi connectivity index (χ2n) is 5.28. The van der Waals surface area contributed by atoms with Crippen molar-refractivity contribution in [2.75, 3.05) is 14.2 Å². The summed E-state index contributed by atoms with van der Waals surface area (Å²) in [6.07, 6.45) is 0.539. The molecule has 0 unspecified atom stereocenters. The van der Waals surface area contributed by atoms with Crippen LogP contribution < -0.4 is 5.32 Å². The lowest BCUT2D eigenvalue weighted by Gasteiger charge is -2.25. The molecule has 0 heterocycles. The molecule has 0 spiro atoms. The van der Waals surface area contributed by atoms with Crippen LogP contribution in [0.25, 0.3) is 0 Å². The van der Waals surface area contributed by atoms with Gasteiger partial charge in [-0.25, -0.2) is 14.4 Å². The molecule has 0 aromatic carbocycles. The van der Waals surface area contributed by atoms with E-state index in [1.807, 2.05) is 6.92 Å². The number of rotatable bonds is 6. The molecule has 0 aliphatic heterocycles. The van der Waals surface area contributed by atoms with Gasteiger partial charge in [-0.1, -0.05) is 13.5 Å². The van der Waals surface area contributed by atoms with Gasteiger partial charge in [0.15, 0.2) is 0 Å². The molecular formula is C16H27NO6. The Morgan fingerprint density at radius 2 is 1.52 bits per heavy atom. The molecule has 2 N–H and O–H groups in total. The van der Waals surface area contributed by atoms with E-state index in [1.165, 1.54) is 28.1 Å². The van der Waals surface area contributed by atoms with E-state index in [4.69, 9.17) is 5.11 Å². The SMILES string of the molecule is C=C(C)C(=O)OC.CC/C(NC(C)(C)C(=O)O)=C(/C)C(=O)OC. The minimum atomic E-state index is -1.11. The van der Waals surface area contributed by atoms with E-state index in [1.54, 1.807) is 13.8 Å². The standard InChI is InChI=1S/C11H19NO4.C5H8O2/c1-6-8(7(2)9(13)16-5)12-11(3,4)10(14)15;1-4(2)5(6)7-3/h12H,6H2,1-5H3,(H,14,15);1H2,2-3H3/b8-7+;. The molecular weight excluding hydrogens is 302 g/mol. The van der Waals surface area contributed by atoms with E-state index in [0.717, 1.165) is 0 Å². The molecule has 0 aliphatic carbocycles. The van der Waals surface area contributed by atoms with Crippen molar-refractivity contribution in [1.29, 1.82) is 0 Å². The molecule has 0 aliphatic rings. The van der Waals surface area contributed by atoms with Gasteiger partial charge in [0.1, 0.15) is 5.54 Å². The molecule has 0 aromatic rings. The predicted molar refractivity (Wildman–Crippen MR) is 86.7 cm³/mol. The van der Waals surface area contributed by atoms with Crippen LogP contribution >= 0.6 is 0 Å². The average molecular weight is 329 g/mol. The summed E-state index contributed by atoms with van der Waals surface area (Å²) in [5.41, 5.74) is 0.307. The third-order valence-corrected chi connectivity index (χ3v) is 2.83. The Balaban J connectivity index is 0. The fourth-order valence-corrected chi connectivity index (χ4v) is 1.33. The van der Waals surface area contributed by atoms with Crippen LogP contribution in [0.3, 0.4) is 0 Å². The number of carbonyl (C=O) groups excluding carboxylic acids is 2. The fourth-order valence-electron chi connectivity index (χ4n) is 1.33. The van der Waals surface area contributed by atoms with Gasteiger partial charge in [-0.05, 0) is 34.1 Å². The topological polar surface area (TPSA) is 102 Å². The van der Waals surface area contributed by atoms with Crippen LogP contribution in [-0.4, -0.2) is 42.8 Å². The second kappa shape index (κ2) is 10.4. The maximum absolute atomic E-state index is 11.3. The van der Waals surface area contributed by atoms with E-state index in [9.17, 15) is 14.4 Å². The lowest BCUT2D eigenvalue weighted by Crippen LogP contribution is -2.46. The van der Waals surface area contributed by atoms with Crippen LogP contribution in [0.1, 0.15) is 41.0 Å². The van der Waals surface area contributed by atoms with Gasteiger partial charge in [0.25, 0.3) is 0 Å². The molecule has 0 atom stereocenters. The molecule has 0 saturated heterocycles. The van der Waals surface area contributed by atoms with Crippen molar-refractivity contribution in [2.24, 2.45) is 0 Å². The van der Waals surface area contributed by atoms with Gasteiger partial charge in [-0.3, -0.25) is 0 Å². The van der Waals surface area contributed by atoms with Crippen molar-refractivity contribution in [3.63, 3.8) is 0 Å². The third kappa shape index (κ3) is 8.65. The summed E-state index contributed by atoms with van der Waals surface area (Å²) in [5, 5.41) is 11.8. The van der Waals surface area contributed by atoms with Crippen LogP contribution in [0.2, 0.25) is 0 Å². The Kier molecular flexibility index (Phi) is 10.4. The number of esters is 2. The molecule has 23 heavy (non-hydrogen) atoms. The normalized spacial score (nSPS) is 11.3. The minimum absolute atomic E-state index is 0.347. The molecule has 7 nitrogen and oxygen atoms in total. The van der Waals surface area contributed by atoms with Crippen LogP contribution in [0, 0.1) is 0 Å². The van der Waals surface area contributed by atoms with Crippen molar-refractivity contribution in [3.8, 4) is 0 Å². The summed E-state index contributed by atoms with van der Waals surface area (Å²) in [5.74, 6) is -1.78. The lowest BCUT2D eigenvalue weighted by molar-refractivity contribution is -0.143. The van der Waals surface area contributed by atoms with Crippen LogP contribution in [0.4, 0.5) is 0 Å². The van der Waals surface area contributed by atoms with Crippen molar-refractivity contribution >= 4 is 17.9 Å².